The summed E-state index contributed by atoms with van der Waals surface area (Å²) in [6.45, 7) is 3.20. The van der Waals surface area contributed by atoms with Crippen LogP contribution in [0.3, 0.4) is 0 Å². The summed E-state index contributed by atoms with van der Waals surface area (Å²) in [4.78, 5) is 12.7. The molecule has 4 rings (SSSR count). The van der Waals surface area contributed by atoms with Crippen LogP contribution in [0, 0.1) is 0 Å². The van der Waals surface area contributed by atoms with Gasteiger partial charge in [0.2, 0.25) is 0 Å². The molecule has 5 nitrogen and oxygen atoms in total. The second kappa shape index (κ2) is 9.56. The molecule has 1 unspecified atom stereocenters. The van der Waals surface area contributed by atoms with E-state index in [4.69, 9.17) is 9.47 Å². The largest absolute Gasteiger partial charge is 1.00 e. The lowest BCUT2D eigenvalue weighted by atomic mass is 9.94. The summed E-state index contributed by atoms with van der Waals surface area (Å²) >= 11 is 0. The van der Waals surface area contributed by atoms with Crippen LogP contribution in [0.15, 0.2) is 30.3 Å². The summed E-state index contributed by atoms with van der Waals surface area (Å²) in [5.74, 6) is -0.898. The number of nitrogens with zero attached hydrogens (tertiary/aromatic N) is 1. The van der Waals surface area contributed by atoms with Crippen LogP contribution in [0.25, 0.3) is 0 Å². The highest BCUT2D eigenvalue weighted by Crippen LogP contribution is 2.52. The van der Waals surface area contributed by atoms with Gasteiger partial charge in [0.05, 0.1) is 20.2 Å². The number of carbonyl (C=O) groups excluding carboxylic acids is 1. The third kappa shape index (κ3) is 4.19. The normalized spacial score (nSPS) is 35.8. The Balaban J connectivity index is 0.00000140. The lowest BCUT2D eigenvalue weighted by Crippen LogP contribution is -3.00. The molecule has 0 spiro atoms. The van der Waals surface area contributed by atoms with Crippen molar-refractivity contribution >= 4 is 23.0 Å². The number of ether oxygens (including phenoxy) is 2. The van der Waals surface area contributed by atoms with Crippen LogP contribution in [-0.2, 0) is 14.3 Å². The van der Waals surface area contributed by atoms with Crippen molar-refractivity contribution in [3.05, 3.63) is 35.9 Å². The van der Waals surface area contributed by atoms with E-state index < -0.39 is 5.92 Å². The molecule has 2 bridgehead atoms. The first-order chi connectivity index (χ1) is 12.6. The fourth-order valence-electron chi connectivity index (χ4n) is 5.23. The molecule has 1 aromatic rings. The summed E-state index contributed by atoms with van der Waals surface area (Å²) < 4.78 is 12.9. The molecule has 3 fully saturated rings. The monoisotopic (exact) mass is 519 g/mol. The quantitative estimate of drug-likeness (QED) is 0.308. The zero-order chi connectivity index (χ0) is 18.3. The van der Waals surface area contributed by atoms with Gasteiger partial charge in [0.1, 0.15) is 36.3 Å². The van der Waals surface area contributed by atoms with Crippen LogP contribution in [0.4, 0.5) is 0 Å². The Bertz CT molecular complexity index is 641. The molecule has 3 heterocycles. The minimum atomic E-state index is -0.595. The van der Waals surface area contributed by atoms with E-state index in [0.29, 0.717) is 24.3 Å². The van der Waals surface area contributed by atoms with E-state index in [0.717, 1.165) is 22.9 Å². The number of piperidine rings is 1. The molecule has 0 aliphatic carbocycles. The minimum Gasteiger partial charge on any atom is -1.00 e. The number of morpholine rings is 1. The average molecular weight is 521 g/mol. The van der Waals surface area contributed by atoms with Gasteiger partial charge in [-0.05, 0) is 12.0 Å². The van der Waals surface area contributed by atoms with Gasteiger partial charge in [0, 0.05) is 12.8 Å². The van der Waals surface area contributed by atoms with E-state index in [2.05, 4.69) is 14.0 Å². The number of rotatable bonds is 7. The van der Waals surface area contributed by atoms with Gasteiger partial charge < -0.3 is 36.0 Å². The van der Waals surface area contributed by atoms with Gasteiger partial charge >= 0.3 is 5.97 Å². The lowest BCUT2D eigenvalue weighted by Gasteiger charge is -2.48. The Morgan fingerprint density at radius 2 is 1.86 bits per heavy atom. The first-order valence-corrected chi connectivity index (χ1v) is 9.95. The molecule has 3 aliphatic rings. The molecule has 0 saturated carbocycles. The molecule has 7 atom stereocenters. The van der Waals surface area contributed by atoms with Gasteiger partial charge in [-0.2, -0.15) is 0 Å². The Morgan fingerprint density at radius 3 is 2.39 bits per heavy atom. The van der Waals surface area contributed by atoms with E-state index in [9.17, 15) is 9.90 Å². The van der Waals surface area contributed by atoms with Crippen LogP contribution < -0.4 is 17.0 Å². The number of quaternary nitrogens is 1. The third-order valence-corrected chi connectivity index (χ3v) is 6.79. The highest BCUT2D eigenvalue weighted by Gasteiger charge is 2.71. The maximum absolute atomic E-state index is 12.7. The van der Waals surface area contributed by atoms with Gasteiger partial charge in [0.25, 0.3) is 0 Å². The molecule has 7 heteroatoms. The number of aliphatic hydroxyl groups excluding tert-OH is 1. The first kappa shape index (κ1) is 23.8. The third-order valence-electron chi connectivity index (χ3n) is 6.79. The minimum absolute atomic E-state index is 0. The number of halogens is 2. The number of epoxide rings is 1. The van der Waals surface area contributed by atoms with Crippen molar-refractivity contribution < 1.29 is 40.8 Å². The maximum atomic E-state index is 12.7. The Kier molecular flexibility index (Phi) is 8.13. The van der Waals surface area contributed by atoms with Crippen molar-refractivity contribution in [2.75, 3.05) is 20.2 Å². The number of hydrogen-bond acceptors (Lipinski definition) is 4. The Labute approximate surface area is 188 Å². The summed E-state index contributed by atoms with van der Waals surface area (Å²) in [6, 6.07) is 10.3. The van der Waals surface area contributed by atoms with Crippen molar-refractivity contribution in [1.29, 1.82) is 0 Å². The smallest absolute Gasteiger partial charge is 0.316 e. The number of aliphatic hydroxyl groups is 1. The van der Waals surface area contributed by atoms with Crippen molar-refractivity contribution in [2.24, 2.45) is 0 Å². The molecular weight excluding hydrogens is 490 g/mol. The summed E-state index contributed by atoms with van der Waals surface area (Å²) in [5, 5.41) is 9.70. The standard InChI is InChI=1S/C21H30NO4.2BrH/c1-3-4-10-22(2)17-11-15(12-18(22)20-19(17)26-20)25-21(24)16(13-23)14-8-6-5-7-9-14;;/h5-9,15-20,23H,3-4,10-13H2,1-2H3;2*1H/q+1;;/p-1/t15-,16-,17-,18+,19-,20+,22?;;/m1../s1. The summed E-state index contributed by atoms with van der Waals surface area (Å²) in [6.07, 6.45) is 4.83. The second-order valence-corrected chi connectivity index (χ2v) is 8.30. The number of hydrogen-bond donors (Lipinski definition) is 1. The Morgan fingerprint density at radius 1 is 1.25 bits per heavy atom. The van der Waals surface area contributed by atoms with Gasteiger partial charge in [-0.1, -0.05) is 43.7 Å². The second-order valence-electron chi connectivity index (χ2n) is 8.30. The van der Waals surface area contributed by atoms with Crippen LogP contribution in [0.2, 0.25) is 0 Å². The fourth-order valence-corrected chi connectivity index (χ4v) is 5.23. The van der Waals surface area contributed by atoms with Crippen molar-refractivity contribution in [3.63, 3.8) is 0 Å². The SMILES string of the molecule is Br.CCCC[N+]1(C)[C@@H]2C[C@@H](OC(=O)[C@H](CO)c3ccccc3)C[C@H]1[C@@H]1O[C@@H]12.[Br-]. The predicted molar refractivity (Wildman–Crippen MR) is 108 cm³/mol. The molecule has 28 heavy (non-hydrogen) atoms. The van der Waals surface area contributed by atoms with E-state index >= 15 is 0 Å². The zero-order valence-electron chi connectivity index (χ0n) is 16.5. The zero-order valence-corrected chi connectivity index (χ0v) is 19.8. The van der Waals surface area contributed by atoms with Gasteiger partial charge in [0.15, 0.2) is 0 Å². The van der Waals surface area contributed by atoms with E-state index in [1.165, 1.54) is 19.4 Å². The van der Waals surface area contributed by atoms with Crippen molar-refractivity contribution in [2.45, 2.75) is 68.9 Å². The molecule has 1 N–H and O–H groups in total. The van der Waals surface area contributed by atoms with Crippen molar-refractivity contribution in [1.82, 2.24) is 0 Å². The van der Waals surface area contributed by atoms with Crippen LogP contribution in [-0.4, -0.2) is 66.2 Å². The number of esters is 1. The number of fused-ring (bicyclic) bond motifs is 5. The molecular formula is C21H31Br2NO4. The van der Waals surface area contributed by atoms with Crippen LogP contribution >= 0.6 is 17.0 Å². The number of benzene rings is 1. The molecule has 3 saturated heterocycles. The van der Waals surface area contributed by atoms with E-state index in [1.807, 2.05) is 30.3 Å². The van der Waals surface area contributed by atoms with Gasteiger partial charge in [-0.25, -0.2) is 0 Å². The number of likely N-dealkylation sites (N-methyl/N-ethyl adjacent to an activating group) is 1. The van der Waals surface area contributed by atoms with Gasteiger partial charge in [-0.3, -0.25) is 4.79 Å². The van der Waals surface area contributed by atoms with Gasteiger partial charge in [-0.15, -0.1) is 17.0 Å². The van der Waals surface area contributed by atoms with E-state index in [1.54, 1.807) is 0 Å². The molecule has 158 valence electrons. The highest BCUT2D eigenvalue weighted by molar-refractivity contribution is 8.93. The Hall–Kier alpha value is -0.470. The molecule has 0 amide bonds. The summed E-state index contributed by atoms with van der Waals surface area (Å²) in [7, 11) is 2.36. The fraction of sp³-hybridized carbons (Fsp3) is 0.667. The molecule has 0 radical (unpaired) electrons. The summed E-state index contributed by atoms with van der Waals surface area (Å²) in [5.41, 5.74) is 0.813. The maximum Gasteiger partial charge on any atom is 0.316 e. The molecule has 3 aliphatic heterocycles. The number of unbranched alkanes of at least 4 members (excludes halogenated alkanes) is 1. The topological polar surface area (TPSA) is 59.1 Å². The average Bonchev–Trinajstić information content (AvgIpc) is 3.40. The van der Waals surface area contributed by atoms with E-state index in [-0.39, 0.29) is 52.6 Å². The molecule has 1 aromatic carbocycles. The van der Waals surface area contributed by atoms with Crippen molar-refractivity contribution in [3.8, 4) is 0 Å². The predicted octanol–water partition coefficient (Wildman–Crippen LogP) is -0.185. The van der Waals surface area contributed by atoms with Crippen LogP contribution in [0.5, 0.6) is 0 Å². The first-order valence-electron chi connectivity index (χ1n) is 9.95. The molecule has 0 aromatic heterocycles. The number of carbonyl (C=O) groups is 1. The van der Waals surface area contributed by atoms with Crippen LogP contribution in [0.1, 0.15) is 44.1 Å². The highest BCUT2D eigenvalue weighted by atomic mass is 79.9. The lowest BCUT2D eigenvalue weighted by molar-refractivity contribution is -0.956.